The van der Waals surface area contributed by atoms with Crippen LogP contribution in [0.2, 0.25) is 0 Å². The van der Waals surface area contributed by atoms with E-state index in [9.17, 15) is 0 Å². The van der Waals surface area contributed by atoms with Crippen LogP contribution in [0.3, 0.4) is 0 Å². The van der Waals surface area contributed by atoms with E-state index in [0.717, 1.165) is 17.1 Å². The zero-order chi connectivity index (χ0) is 8.55. The van der Waals surface area contributed by atoms with Crippen molar-refractivity contribution in [2.24, 2.45) is 5.73 Å². The molecule has 1 unspecified atom stereocenters. The number of benzene rings is 1. The number of halogens is 1. The van der Waals surface area contributed by atoms with Gasteiger partial charge in [-0.25, -0.2) is 0 Å². The van der Waals surface area contributed by atoms with Crippen LogP contribution in [-0.2, 0) is 0 Å². The van der Waals surface area contributed by atoms with Crippen molar-refractivity contribution < 1.29 is 9.47 Å². The maximum atomic E-state index is 5.63. The van der Waals surface area contributed by atoms with Gasteiger partial charge in [0.2, 0.25) is 6.79 Å². The summed E-state index contributed by atoms with van der Waals surface area (Å²) in [6, 6.07) is 5.65. The second kappa shape index (κ2) is 2.95. The minimum Gasteiger partial charge on any atom is -0.454 e. The third-order valence-electron chi connectivity index (χ3n) is 1.72. The number of alkyl halides is 1. The van der Waals surface area contributed by atoms with E-state index < -0.39 is 0 Å². The van der Waals surface area contributed by atoms with Crippen molar-refractivity contribution in [3.8, 4) is 11.5 Å². The summed E-state index contributed by atoms with van der Waals surface area (Å²) < 4.78 is 10.3. The Hall–Kier alpha value is -0.740. The topological polar surface area (TPSA) is 44.5 Å². The number of hydrogen-bond donors (Lipinski definition) is 1. The van der Waals surface area contributed by atoms with Gasteiger partial charge in [0.05, 0.1) is 4.95 Å². The van der Waals surface area contributed by atoms with Crippen LogP contribution >= 0.6 is 15.9 Å². The molecule has 1 aromatic rings. The Kier molecular flexibility index (Phi) is 1.94. The van der Waals surface area contributed by atoms with E-state index in [0.29, 0.717) is 6.79 Å². The Balaban J connectivity index is 2.39. The molecule has 0 spiro atoms. The molecule has 0 aliphatic carbocycles. The summed E-state index contributed by atoms with van der Waals surface area (Å²) in [5.41, 5.74) is 6.61. The second-order valence-corrected chi connectivity index (χ2v) is 3.50. The van der Waals surface area contributed by atoms with Crippen LogP contribution in [0.5, 0.6) is 11.5 Å². The van der Waals surface area contributed by atoms with Crippen LogP contribution in [-0.4, -0.2) is 6.79 Å². The maximum Gasteiger partial charge on any atom is 0.231 e. The third-order valence-corrected chi connectivity index (χ3v) is 2.24. The lowest BCUT2D eigenvalue weighted by Gasteiger charge is -2.03. The zero-order valence-corrected chi connectivity index (χ0v) is 7.87. The summed E-state index contributed by atoms with van der Waals surface area (Å²) in [5.74, 6) is 1.55. The fourth-order valence-electron chi connectivity index (χ4n) is 1.08. The highest BCUT2D eigenvalue weighted by molar-refractivity contribution is 9.09. The molecular formula is C8H8BrNO2. The van der Waals surface area contributed by atoms with Crippen molar-refractivity contribution in [2.75, 3.05) is 6.79 Å². The summed E-state index contributed by atoms with van der Waals surface area (Å²) in [7, 11) is 0. The highest BCUT2D eigenvalue weighted by Crippen LogP contribution is 2.34. The third kappa shape index (κ3) is 1.28. The first kappa shape index (κ1) is 7.89. The normalized spacial score (nSPS) is 16.2. The van der Waals surface area contributed by atoms with Gasteiger partial charge in [-0.1, -0.05) is 22.0 Å². The van der Waals surface area contributed by atoms with Crippen molar-refractivity contribution in [2.45, 2.75) is 4.95 Å². The van der Waals surface area contributed by atoms with E-state index in [1.807, 2.05) is 18.2 Å². The van der Waals surface area contributed by atoms with E-state index in [1.165, 1.54) is 0 Å². The summed E-state index contributed by atoms with van der Waals surface area (Å²) in [5, 5.41) is 0. The van der Waals surface area contributed by atoms with Gasteiger partial charge in [-0.15, -0.1) is 0 Å². The van der Waals surface area contributed by atoms with Gasteiger partial charge in [0.1, 0.15) is 0 Å². The second-order valence-electron chi connectivity index (χ2n) is 2.51. The number of fused-ring (bicyclic) bond motifs is 1. The van der Waals surface area contributed by atoms with Crippen molar-refractivity contribution in [3.05, 3.63) is 23.8 Å². The minimum absolute atomic E-state index is 0.146. The molecule has 0 saturated carbocycles. The largest absolute Gasteiger partial charge is 0.454 e. The summed E-state index contributed by atoms with van der Waals surface area (Å²) >= 11 is 3.27. The Morgan fingerprint density at radius 1 is 1.33 bits per heavy atom. The molecule has 1 aliphatic rings. The van der Waals surface area contributed by atoms with Gasteiger partial charge in [0, 0.05) is 0 Å². The fourth-order valence-corrected chi connectivity index (χ4v) is 1.37. The highest BCUT2D eigenvalue weighted by atomic mass is 79.9. The standard InChI is InChI=1S/C8H8BrNO2/c9-8(10)5-1-2-6-7(3-5)12-4-11-6/h1-3,8H,4,10H2. The monoisotopic (exact) mass is 229 g/mol. The van der Waals surface area contributed by atoms with Gasteiger partial charge in [-0.05, 0) is 17.7 Å². The lowest BCUT2D eigenvalue weighted by Crippen LogP contribution is -2.00. The zero-order valence-electron chi connectivity index (χ0n) is 6.29. The number of nitrogens with two attached hydrogens (primary N) is 1. The van der Waals surface area contributed by atoms with Crippen LogP contribution in [0.15, 0.2) is 18.2 Å². The molecule has 4 heteroatoms. The SMILES string of the molecule is NC(Br)c1ccc2c(c1)OCO2. The van der Waals surface area contributed by atoms with E-state index in [1.54, 1.807) is 0 Å². The van der Waals surface area contributed by atoms with Gasteiger partial charge < -0.3 is 15.2 Å². The molecule has 2 N–H and O–H groups in total. The van der Waals surface area contributed by atoms with E-state index in [4.69, 9.17) is 15.2 Å². The molecule has 1 atom stereocenters. The van der Waals surface area contributed by atoms with Gasteiger partial charge in [-0.3, -0.25) is 0 Å². The van der Waals surface area contributed by atoms with E-state index >= 15 is 0 Å². The molecule has 0 radical (unpaired) electrons. The van der Waals surface area contributed by atoms with Crippen LogP contribution in [0.4, 0.5) is 0 Å². The van der Waals surface area contributed by atoms with Crippen LogP contribution in [0, 0.1) is 0 Å². The molecule has 1 aromatic carbocycles. The van der Waals surface area contributed by atoms with E-state index in [2.05, 4.69) is 15.9 Å². The minimum atomic E-state index is -0.146. The lowest BCUT2D eigenvalue weighted by atomic mass is 10.2. The molecule has 12 heavy (non-hydrogen) atoms. The van der Waals surface area contributed by atoms with Gasteiger partial charge in [0.15, 0.2) is 11.5 Å². The first-order valence-electron chi connectivity index (χ1n) is 3.56. The number of ether oxygens (including phenoxy) is 2. The summed E-state index contributed by atoms with van der Waals surface area (Å²) in [6.45, 7) is 0.302. The molecule has 1 heterocycles. The predicted octanol–water partition coefficient (Wildman–Crippen LogP) is 1.77. The van der Waals surface area contributed by atoms with Crippen molar-refractivity contribution in [1.29, 1.82) is 0 Å². The molecule has 3 nitrogen and oxygen atoms in total. The molecule has 64 valence electrons. The van der Waals surface area contributed by atoms with Crippen LogP contribution < -0.4 is 15.2 Å². The predicted molar refractivity (Wildman–Crippen MR) is 48.4 cm³/mol. The van der Waals surface area contributed by atoms with Crippen LogP contribution in [0.25, 0.3) is 0 Å². The Labute approximate surface area is 78.6 Å². The van der Waals surface area contributed by atoms with Crippen molar-refractivity contribution in [3.63, 3.8) is 0 Å². The van der Waals surface area contributed by atoms with E-state index in [-0.39, 0.29) is 4.95 Å². The molecular weight excluding hydrogens is 222 g/mol. The lowest BCUT2D eigenvalue weighted by molar-refractivity contribution is 0.174. The number of rotatable bonds is 1. The van der Waals surface area contributed by atoms with Crippen molar-refractivity contribution >= 4 is 15.9 Å². The average molecular weight is 230 g/mol. The summed E-state index contributed by atoms with van der Waals surface area (Å²) in [6.07, 6.45) is 0. The van der Waals surface area contributed by atoms with Crippen LogP contribution in [0.1, 0.15) is 10.5 Å². The Bertz CT molecular complexity index is 301. The van der Waals surface area contributed by atoms with Gasteiger partial charge in [-0.2, -0.15) is 0 Å². The molecule has 0 saturated heterocycles. The first-order chi connectivity index (χ1) is 5.77. The van der Waals surface area contributed by atoms with Gasteiger partial charge >= 0.3 is 0 Å². The Morgan fingerprint density at radius 2 is 2.08 bits per heavy atom. The Morgan fingerprint density at radius 3 is 2.83 bits per heavy atom. The molecule has 0 amide bonds. The number of hydrogen-bond acceptors (Lipinski definition) is 3. The van der Waals surface area contributed by atoms with Gasteiger partial charge in [0.25, 0.3) is 0 Å². The maximum absolute atomic E-state index is 5.63. The molecule has 0 aromatic heterocycles. The summed E-state index contributed by atoms with van der Waals surface area (Å²) in [4.78, 5) is -0.146. The molecule has 0 fully saturated rings. The first-order valence-corrected chi connectivity index (χ1v) is 4.48. The smallest absolute Gasteiger partial charge is 0.231 e. The average Bonchev–Trinajstić information content (AvgIpc) is 2.49. The molecule has 0 bridgehead atoms. The fraction of sp³-hybridized carbons (Fsp3) is 0.250. The van der Waals surface area contributed by atoms with Crippen molar-refractivity contribution in [1.82, 2.24) is 0 Å². The molecule has 1 aliphatic heterocycles. The quantitative estimate of drug-likeness (QED) is 0.590. The highest BCUT2D eigenvalue weighted by Gasteiger charge is 2.14. The molecule has 2 rings (SSSR count).